The molecule has 71 valence electrons. The maximum absolute atomic E-state index is 6.07. The largest absolute Gasteiger partial charge is 0.350 e. The monoisotopic (exact) mass is 224 g/mol. The van der Waals surface area contributed by atoms with Gasteiger partial charge in [-0.15, -0.1) is 0 Å². The first-order chi connectivity index (χ1) is 6.68. The van der Waals surface area contributed by atoms with Crippen molar-refractivity contribution in [1.29, 1.82) is 0 Å². The summed E-state index contributed by atoms with van der Waals surface area (Å²) in [6.07, 6.45) is 1.85. The summed E-state index contributed by atoms with van der Waals surface area (Å²) >= 11 is 12.0. The number of aromatic nitrogens is 1. The van der Waals surface area contributed by atoms with Gasteiger partial charge in [0.2, 0.25) is 0 Å². The molecule has 0 unspecified atom stereocenters. The fourth-order valence-corrected chi connectivity index (χ4v) is 1.75. The Bertz CT molecular complexity index is 460. The van der Waals surface area contributed by atoms with Crippen molar-refractivity contribution in [3.05, 3.63) is 46.6 Å². The van der Waals surface area contributed by atoms with Gasteiger partial charge in [-0.3, -0.25) is 0 Å². The van der Waals surface area contributed by atoms with Crippen LogP contribution in [0.1, 0.15) is 0 Å². The van der Waals surface area contributed by atoms with E-state index in [1.165, 1.54) is 0 Å². The van der Waals surface area contributed by atoms with Crippen molar-refractivity contribution in [2.75, 3.05) is 0 Å². The minimum atomic E-state index is 0.686. The molecular formula is C11H8Cl2N. The van der Waals surface area contributed by atoms with E-state index in [2.05, 4.69) is 6.07 Å². The van der Waals surface area contributed by atoms with Gasteiger partial charge in [0.1, 0.15) is 0 Å². The predicted molar refractivity (Wildman–Crippen MR) is 59.7 cm³/mol. The van der Waals surface area contributed by atoms with Gasteiger partial charge in [0.15, 0.2) is 0 Å². The number of aryl methyl sites for hydroxylation is 1. The lowest BCUT2D eigenvalue weighted by Gasteiger charge is -2.06. The summed E-state index contributed by atoms with van der Waals surface area (Å²) < 4.78 is 1.96. The molecule has 1 aromatic carbocycles. The van der Waals surface area contributed by atoms with Gasteiger partial charge < -0.3 is 4.57 Å². The minimum absolute atomic E-state index is 0.686. The molecule has 0 atom stereocenters. The highest BCUT2D eigenvalue weighted by molar-refractivity contribution is 6.35. The first kappa shape index (κ1) is 9.63. The molecule has 2 aromatic rings. The Kier molecular flexibility index (Phi) is 2.53. The highest BCUT2D eigenvalue weighted by atomic mass is 35.5. The van der Waals surface area contributed by atoms with Crippen LogP contribution in [-0.2, 0) is 7.05 Å². The van der Waals surface area contributed by atoms with E-state index in [1.54, 1.807) is 12.1 Å². The van der Waals surface area contributed by atoms with E-state index >= 15 is 0 Å². The summed E-state index contributed by atoms with van der Waals surface area (Å²) in [6, 6.07) is 10.3. The zero-order chi connectivity index (χ0) is 10.1. The maximum Gasteiger partial charge on any atom is 0.0500 e. The first-order valence-electron chi connectivity index (χ1n) is 4.16. The average molecular weight is 225 g/mol. The van der Waals surface area contributed by atoms with Gasteiger partial charge in [-0.25, -0.2) is 0 Å². The van der Waals surface area contributed by atoms with E-state index in [9.17, 15) is 0 Å². The first-order valence-corrected chi connectivity index (χ1v) is 4.92. The van der Waals surface area contributed by atoms with Gasteiger partial charge in [0.25, 0.3) is 0 Å². The van der Waals surface area contributed by atoms with Crippen molar-refractivity contribution in [2.45, 2.75) is 0 Å². The SMILES string of the molecule is Cn1c[c]cc1-c1cc(Cl)ccc1Cl. The van der Waals surface area contributed by atoms with Crippen LogP contribution in [0.5, 0.6) is 0 Å². The van der Waals surface area contributed by atoms with E-state index in [0.717, 1.165) is 11.3 Å². The molecule has 0 aliphatic rings. The molecule has 0 aliphatic heterocycles. The van der Waals surface area contributed by atoms with Crippen molar-refractivity contribution >= 4 is 23.2 Å². The van der Waals surface area contributed by atoms with Crippen LogP contribution in [0.15, 0.2) is 30.5 Å². The molecule has 0 saturated heterocycles. The van der Waals surface area contributed by atoms with Crippen LogP contribution in [0.25, 0.3) is 11.3 Å². The normalized spacial score (nSPS) is 10.5. The van der Waals surface area contributed by atoms with E-state index in [1.807, 2.05) is 29.9 Å². The second-order valence-electron chi connectivity index (χ2n) is 3.06. The van der Waals surface area contributed by atoms with Crippen LogP contribution in [0, 0.1) is 6.07 Å². The van der Waals surface area contributed by atoms with Crippen molar-refractivity contribution in [3.63, 3.8) is 0 Å². The molecule has 2 rings (SSSR count). The third-order valence-corrected chi connectivity index (χ3v) is 2.64. The summed E-state index contributed by atoms with van der Waals surface area (Å²) in [5, 5.41) is 1.38. The highest BCUT2D eigenvalue weighted by Gasteiger charge is 2.06. The lowest BCUT2D eigenvalue weighted by molar-refractivity contribution is 0.936. The molecule has 0 spiro atoms. The summed E-state index contributed by atoms with van der Waals surface area (Å²) in [5.74, 6) is 0. The summed E-state index contributed by atoms with van der Waals surface area (Å²) in [5.41, 5.74) is 1.94. The molecule has 14 heavy (non-hydrogen) atoms. The molecular weight excluding hydrogens is 217 g/mol. The summed E-state index contributed by atoms with van der Waals surface area (Å²) in [6.45, 7) is 0. The molecule has 1 heterocycles. The molecule has 1 radical (unpaired) electrons. The molecule has 0 saturated carbocycles. The van der Waals surface area contributed by atoms with Crippen LogP contribution < -0.4 is 0 Å². The second-order valence-corrected chi connectivity index (χ2v) is 3.90. The zero-order valence-corrected chi connectivity index (χ0v) is 9.10. The lowest BCUT2D eigenvalue weighted by atomic mass is 10.1. The number of hydrogen-bond acceptors (Lipinski definition) is 0. The topological polar surface area (TPSA) is 4.93 Å². The molecule has 1 nitrogen and oxygen atoms in total. The molecule has 0 N–H and O–H groups in total. The van der Waals surface area contributed by atoms with Gasteiger partial charge in [-0.1, -0.05) is 23.2 Å². The molecule has 0 fully saturated rings. The number of hydrogen-bond donors (Lipinski definition) is 0. The number of benzene rings is 1. The van der Waals surface area contributed by atoms with E-state index in [-0.39, 0.29) is 0 Å². The molecule has 1 aromatic heterocycles. The number of halogens is 2. The predicted octanol–water partition coefficient (Wildman–Crippen LogP) is 3.80. The summed E-state index contributed by atoms with van der Waals surface area (Å²) in [4.78, 5) is 0. The Hall–Kier alpha value is -0.920. The quantitative estimate of drug-likeness (QED) is 0.695. The fourth-order valence-electron chi connectivity index (χ4n) is 1.36. The number of nitrogens with zero attached hydrogens (tertiary/aromatic N) is 1. The Morgan fingerprint density at radius 3 is 2.71 bits per heavy atom. The summed E-state index contributed by atoms with van der Waals surface area (Å²) in [7, 11) is 1.95. The molecule has 0 amide bonds. The van der Waals surface area contributed by atoms with Gasteiger partial charge in [0, 0.05) is 40.6 Å². The highest BCUT2D eigenvalue weighted by Crippen LogP contribution is 2.30. The smallest absolute Gasteiger partial charge is 0.0500 e. The van der Waals surface area contributed by atoms with Crippen molar-refractivity contribution in [1.82, 2.24) is 4.57 Å². The Morgan fingerprint density at radius 1 is 1.29 bits per heavy atom. The third-order valence-electron chi connectivity index (χ3n) is 2.07. The maximum atomic E-state index is 6.07. The third kappa shape index (κ3) is 1.66. The Balaban J connectivity index is 2.62. The van der Waals surface area contributed by atoms with Crippen LogP contribution in [0.2, 0.25) is 10.0 Å². The molecule has 0 bridgehead atoms. The molecule has 0 aliphatic carbocycles. The van der Waals surface area contributed by atoms with Crippen LogP contribution in [0.3, 0.4) is 0 Å². The standard InChI is InChI=1S/C11H8Cl2N/c1-14-6-2-3-11(14)9-7-8(12)4-5-10(9)13/h3-7H,1H3. The van der Waals surface area contributed by atoms with E-state index in [0.29, 0.717) is 10.0 Å². The van der Waals surface area contributed by atoms with Crippen LogP contribution in [0.4, 0.5) is 0 Å². The fraction of sp³-hybridized carbons (Fsp3) is 0.0909. The van der Waals surface area contributed by atoms with E-state index < -0.39 is 0 Å². The lowest BCUT2D eigenvalue weighted by Crippen LogP contribution is -1.89. The van der Waals surface area contributed by atoms with Gasteiger partial charge in [0.05, 0.1) is 0 Å². The van der Waals surface area contributed by atoms with Gasteiger partial charge >= 0.3 is 0 Å². The second kappa shape index (κ2) is 3.68. The molecule has 3 heteroatoms. The minimum Gasteiger partial charge on any atom is -0.350 e. The van der Waals surface area contributed by atoms with Crippen molar-refractivity contribution < 1.29 is 0 Å². The van der Waals surface area contributed by atoms with Crippen LogP contribution in [-0.4, -0.2) is 4.57 Å². The van der Waals surface area contributed by atoms with E-state index in [4.69, 9.17) is 23.2 Å². The average Bonchev–Trinajstić information content (AvgIpc) is 2.56. The van der Waals surface area contributed by atoms with Crippen molar-refractivity contribution in [2.24, 2.45) is 7.05 Å². The van der Waals surface area contributed by atoms with Crippen LogP contribution >= 0.6 is 23.2 Å². The van der Waals surface area contributed by atoms with Gasteiger partial charge in [-0.05, 0) is 24.3 Å². The number of rotatable bonds is 1. The Morgan fingerprint density at radius 2 is 2.07 bits per heavy atom. The Labute approximate surface area is 92.9 Å². The zero-order valence-electron chi connectivity index (χ0n) is 7.59. The van der Waals surface area contributed by atoms with Gasteiger partial charge in [-0.2, -0.15) is 0 Å². The van der Waals surface area contributed by atoms with Crippen molar-refractivity contribution in [3.8, 4) is 11.3 Å².